The Bertz CT molecular complexity index is 762. The Balaban J connectivity index is 1.69. The van der Waals surface area contributed by atoms with Crippen LogP contribution in [0.3, 0.4) is 0 Å². The quantitative estimate of drug-likeness (QED) is 0.425. The zero-order chi connectivity index (χ0) is 18.0. The van der Waals surface area contributed by atoms with Crippen molar-refractivity contribution in [3.05, 3.63) is 60.4 Å². The van der Waals surface area contributed by atoms with Crippen molar-refractivity contribution in [1.29, 1.82) is 0 Å². The lowest BCUT2D eigenvalue weighted by Crippen LogP contribution is -2.39. The number of benzene rings is 1. The number of nitrogens with zero attached hydrogens (tertiary/aromatic N) is 2. The van der Waals surface area contributed by atoms with Gasteiger partial charge >= 0.3 is 0 Å². The Labute approximate surface area is 149 Å². The predicted octanol–water partition coefficient (Wildman–Crippen LogP) is 1.65. The van der Waals surface area contributed by atoms with Crippen molar-refractivity contribution in [3.63, 3.8) is 0 Å². The Morgan fingerprint density at radius 2 is 1.76 bits per heavy atom. The standard InChI is InChI=1S/C18H24N4O2S/c1-19-18(22-14-11-16-8-5-6-12-20-16)21-13-7-15-25(23,24)17-9-3-2-4-10-17/h2-6,8-10,12H,7,11,13-15H2,1H3,(H2,19,21,22). The van der Waals surface area contributed by atoms with Gasteiger partial charge in [0.1, 0.15) is 0 Å². The van der Waals surface area contributed by atoms with Crippen LogP contribution in [0.1, 0.15) is 12.1 Å². The monoisotopic (exact) mass is 360 g/mol. The second-order valence-corrected chi connectivity index (χ2v) is 7.59. The number of hydrogen-bond acceptors (Lipinski definition) is 4. The molecule has 0 fully saturated rings. The van der Waals surface area contributed by atoms with Crippen LogP contribution in [-0.2, 0) is 16.3 Å². The number of pyridine rings is 1. The number of aliphatic imine (C=N–C) groups is 1. The van der Waals surface area contributed by atoms with Gasteiger partial charge in [-0.1, -0.05) is 24.3 Å². The van der Waals surface area contributed by atoms with Gasteiger partial charge in [-0.3, -0.25) is 9.98 Å². The van der Waals surface area contributed by atoms with Gasteiger partial charge in [-0.15, -0.1) is 0 Å². The lowest BCUT2D eigenvalue weighted by atomic mass is 10.3. The van der Waals surface area contributed by atoms with Crippen LogP contribution in [0.4, 0.5) is 0 Å². The molecule has 1 aromatic carbocycles. The summed E-state index contributed by atoms with van der Waals surface area (Å²) in [7, 11) is -1.54. The van der Waals surface area contributed by atoms with Crippen molar-refractivity contribution < 1.29 is 8.42 Å². The number of rotatable bonds is 8. The number of guanidine groups is 1. The summed E-state index contributed by atoms with van der Waals surface area (Å²) in [5.41, 5.74) is 1.01. The first-order valence-electron chi connectivity index (χ1n) is 8.24. The highest BCUT2D eigenvalue weighted by atomic mass is 32.2. The van der Waals surface area contributed by atoms with E-state index in [0.29, 0.717) is 30.4 Å². The van der Waals surface area contributed by atoms with Crippen LogP contribution >= 0.6 is 0 Å². The van der Waals surface area contributed by atoms with Gasteiger partial charge in [0.25, 0.3) is 0 Å². The second-order valence-electron chi connectivity index (χ2n) is 5.48. The molecule has 7 heteroatoms. The van der Waals surface area contributed by atoms with E-state index >= 15 is 0 Å². The third-order valence-electron chi connectivity index (χ3n) is 3.61. The van der Waals surface area contributed by atoms with Crippen LogP contribution in [0.15, 0.2) is 64.6 Å². The molecule has 134 valence electrons. The van der Waals surface area contributed by atoms with Gasteiger partial charge in [0.05, 0.1) is 10.6 Å². The van der Waals surface area contributed by atoms with E-state index in [1.165, 1.54) is 0 Å². The molecule has 2 aromatic rings. The van der Waals surface area contributed by atoms with Crippen LogP contribution < -0.4 is 10.6 Å². The highest BCUT2D eigenvalue weighted by Gasteiger charge is 2.13. The van der Waals surface area contributed by atoms with Crippen molar-refractivity contribution in [2.45, 2.75) is 17.7 Å². The van der Waals surface area contributed by atoms with E-state index in [9.17, 15) is 8.42 Å². The first-order chi connectivity index (χ1) is 12.1. The Hall–Kier alpha value is -2.41. The minimum Gasteiger partial charge on any atom is -0.356 e. The summed E-state index contributed by atoms with van der Waals surface area (Å²) in [6, 6.07) is 14.4. The Kier molecular flexibility index (Phi) is 7.40. The van der Waals surface area contributed by atoms with E-state index in [4.69, 9.17) is 0 Å². The molecule has 2 rings (SSSR count). The summed E-state index contributed by atoms with van der Waals surface area (Å²) in [4.78, 5) is 8.77. The molecule has 1 aromatic heterocycles. The zero-order valence-corrected chi connectivity index (χ0v) is 15.2. The topological polar surface area (TPSA) is 83.5 Å². The first-order valence-corrected chi connectivity index (χ1v) is 9.89. The van der Waals surface area contributed by atoms with E-state index in [-0.39, 0.29) is 5.75 Å². The van der Waals surface area contributed by atoms with E-state index in [2.05, 4.69) is 20.6 Å². The molecule has 0 aliphatic carbocycles. The smallest absolute Gasteiger partial charge is 0.190 e. The average Bonchev–Trinajstić information content (AvgIpc) is 2.65. The van der Waals surface area contributed by atoms with E-state index in [1.807, 2.05) is 18.2 Å². The molecule has 0 spiro atoms. The van der Waals surface area contributed by atoms with E-state index in [1.54, 1.807) is 43.6 Å². The Morgan fingerprint density at radius 1 is 1.04 bits per heavy atom. The maximum Gasteiger partial charge on any atom is 0.190 e. The van der Waals surface area contributed by atoms with Gasteiger partial charge < -0.3 is 10.6 Å². The van der Waals surface area contributed by atoms with Gasteiger partial charge in [0.15, 0.2) is 15.8 Å². The first kappa shape index (κ1) is 18.9. The second kappa shape index (κ2) is 9.78. The molecule has 0 amide bonds. The number of sulfone groups is 1. The largest absolute Gasteiger partial charge is 0.356 e. The third-order valence-corrected chi connectivity index (χ3v) is 5.42. The normalized spacial score (nSPS) is 12.0. The van der Waals surface area contributed by atoms with Crippen LogP contribution in [0.5, 0.6) is 0 Å². The molecule has 0 aliphatic rings. The van der Waals surface area contributed by atoms with Gasteiger partial charge in [0.2, 0.25) is 0 Å². The van der Waals surface area contributed by atoms with Crippen LogP contribution in [-0.4, -0.2) is 45.3 Å². The van der Waals surface area contributed by atoms with Crippen LogP contribution in [0.2, 0.25) is 0 Å². The van der Waals surface area contributed by atoms with Gasteiger partial charge in [-0.2, -0.15) is 0 Å². The number of nitrogens with one attached hydrogen (secondary N) is 2. The molecule has 0 saturated carbocycles. The van der Waals surface area contributed by atoms with Gasteiger partial charge in [-0.05, 0) is 30.7 Å². The van der Waals surface area contributed by atoms with Crippen molar-refractivity contribution in [2.75, 3.05) is 25.9 Å². The lowest BCUT2D eigenvalue weighted by molar-refractivity contribution is 0.592. The molecule has 0 saturated heterocycles. The zero-order valence-electron chi connectivity index (χ0n) is 14.4. The summed E-state index contributed by atoms with van der Waals surface area (Å²) in [6.45, 7) is 1.24. The number of aromatic nitrogens is 1. The SMILES string of the molecule is CN=C(NCCCS(=O)(=O)c1ccccc1)NCCc1ccccn1. The average molecular weight is 360 g/mol. The lowest BCUT2D eigenvalue weighted by Gasteiger charge is -2.11. The Morgan fingerprint density at radius 3 is 2.44 bits per heavy atom. The van der Waals surface area contributed by atoms with E-state index in [0.717, 1.165) is 12.1 Å². The molecule has 0 unspecified atom stereocenters. The maximum atomic E-state index is 12.2. The van der Waals surface area contributed by atoms with Gasteiger partial charge in [-0.25, -0.2) is 8.42 Å². The number of hydrogen-bond donors (Lipinski definition) is 2. The fourth-order valence-electron chi connectivity index (χ4n) is 2.29. The van der Waals surface area contributed by atoms with Crippen molar-refractivity contribution in [3.8, 4) is 0 Å². The van der Waals surface area contributed by atoms with Gasteiger partial charge in [0, 0.05) is 38.4 Å². The molecule has 0 bridgehead atoms. The maximum absolute atomic E-state index is 12.2. The molecule has 6 nitrogen and oxygen atoms in total. The molecule has 1 heterocycles. The summed E-state index contributed by atoms with van der Waals surface area (Å²) in [5, 5.41) is 6.33. The molecule has 0 aliphatic heterocycles. The minimum atomic E-state index is -3.23. The fourth-order valence-corrected chi connectivity index (χ4v) is 3.62. The van der Waals surface area contributed by atoms with Crippen molar-refractivity contribution in [1.82, 2.24) is 15.6 Å². The van der Waals surface area contributed by atoms with Crippen molar-refractivity contribution >= 4 is 15.8 Å². The van der Waals surface area contributed by atoms with Crippen LogP contribution in [0.25, 0.3) is 0 Å². The molecular formula is C18H24N4O2S. The molecule has 25 heavy (non-hydrogen) atoms. The fraction of sp³-hybridized carbons (Fsp3) is 0.333. The molecular weight excluding hydrogens is 336 g/mol. The summed E-state index contributed by atoms with van der Waals surface area (Å²) in [5.74, 6) is 0.766. The molecule has 2 N–H and O–H groups in total. The molecule has 0 atom stereocenters. The highest BCUT2D eigenvalue weighted by molar-refractivity contribution is 7.91. The highest BCUT2D eigenvalue weighted by Crippen LogP contribution is 2.10. The summed E-state index contributed by atoms with van der Waals surface area (Å²) < 4.78 is 24.4. The predicted molar refractivity (Wildman–Crippen MR) is 100 cm³/mol. The summed E-state index contributed by atoms with van der Waals surface area (Å²) in [6.07, 6.45) is 3.08. The van der Waals surface area contributed by atoms with Crippen molar-refractivity contribution in [2.24, 2.45) is 4.99 Å². The van der Waals surface area contributed by atoms with E-state index < -0.39 is 9.84 Å². The third kappa shape index (κ3) is 6.54. The van der Waals surface area contributed by atoms with Crippen LogP contribution in [0, 0.1) is 0 Å². The molecule has 0 radical (unpaired) electrons. The summed E-state index contributed by atoms with van der Waals surface area (Å²) >= 11 is 0. The minimum absolute atomic E-state index is 0.106.